The SMILES string of the molecule is CC(=O)OC1=Nc2cc(C)cc(C)c2SCC1. The summed E-state index contributed by atoms with van der Waals surface area (Å²) in [4.78, 5) is 16.6. The van der Waals surface area contributed by atoms with Crippen LogP contribution in [0.4, 0.5) is 5.69 Å². The quantitative estimate of drug-likeness (QED) is 0.661. The fourth-order valence-corrected chi connectivity index (χ4v) is 2.89. The molecule has 90 valence electrons. The lowest BCUT2D eigenvalue weighted by Crippen LogP contribution is -2.09. The summed E-state index contributed by atoms with van der Waals surface area (Å²) in [6.07, 6.45) is 0.692. The van der Waals surface area contributed by atoms with Crippen LogP contribution in [0, 0.1) is 13.8 Å². The van der Waals surface area contributed by atoms with Crippen molar-refractivity contribution < 1.29 is 9.53 Å². The maximum absolute atomic E-state index is 11.0. The highest BCUT2D eigenvalue weighted by Gasteiger charge is 2.15. The fourth-order valence-electron chi connectivity index (χ4n) is 1.87. The Hall–Kier alpha value is -1.29. The molecule has 0 unspecified atom stereocenters. The maximum atomic E-state index is 11.0. The Balaban J connectivity index is 2.42. The summed E-state index contributed by atoms with van der Waals surface area (Å²) >= 11 is 1.77. The topological polar surface area (TPSA) is 38.7 Å². The van der Waals surface area contributed by atoms with E-state index in [1.54, 1.807) is 11.8 Å². The lowest BCUT2D eigenvalue weighted by Gasteiger charge is -2.07. The van der Waals surface area contributed by atoms with Crippen molar-refractivity contribution in [2.75, 3.05) is 5.75 Å². The Bertz CT molecular complexity index is 494. The first-order chi connectivity index (χ1) is 8.06. The normalized spacial score (nSPS) is 14.6. The van der Waals surface area contributed by atoms with E-state index in [4.69, 9.17) is 4.74 Å². The summed E-state index contributed by atoms with van der Waals surface area (Å²) < 4.78 is 5.11. The van der Waals surface area contributed by atoms with Crippen LogP contribution in [-0.4, -0.2) is 17.6 Å². The molecule has 1 aromatic rings. The first kappa shape index (κ1) is 12.2. The molecule has 2 rings (SSSR count). The van der Waals surface area contributed by atoms with E-state index in [0.717, 1.165) is 11.4 Å². The van der Waals surface area contributed by atoms with E-state index in [-0.39, 0.29) is 5.97 Å². The van der Waals surface area contributed by atoms with Gasteiger partial charge >= 0.3 is 5.97 Å². The zero-order chi connectivity index (χ0) is 12.4. The molecule has 0 fully saturated rings. The van der Waals surface area contributed by atoms with Gasteiger partial charge in [0, 0.05) is 24.0 Å². The van der Waals surface area contributed by atoms with Crippen molar-refractivity contribution in [2.45, 2.75) is 32.1 Å². The van der Waals surface area contributed by atoms with Gasteiger partial charge in [-0.15, -0.1) is 11.8 Å². The molecule has 0 saturated carbocycles. The van der Waals surface area contributed by atoms with Gasteiger partial charge in [0.25, 0.3) is 0 Å². The zero-order valence-corrected chi connectivity index (χ0v) is 11.1. The number of esters is 1. The van der Waals surface area contributed by atoms with E-state index in [2.05, 4.69) is 18.0 Å². The molecule has 4 heteroatoms. The second-order valence-electron chi connectivity index (χ2n) is 4.13. The first-order valence-corrected chi connectivity index (χ1v) is 6.55. The average Bonchev–Trinajstić information content (AvgIpc) is 2.38. The van der Waals surface area contributed by atoms with E-state index in [1.807, 2.05) is 13.0 Å². The third-order valence-corrected chi connectivity index (χ3v) is 3.70. The van der Waals surface area contributed by atoms with E-state index in [1.165, 1.54) is 22.9 Å². The highest BCUT2D eigenvalue weighted by Crippen LogP contribution is 2.36. The van der Waals surface area contributed by atoms with Gasteiger partial charge in [0.15, 0.2) is 5.90 Å². The molecule has 1 aliphatic heterocycles. The van der Waals surface area contributed by atoms with Crippen LogP contribution in [0.1, 0.15) is 24.5 Å². The summed E-state index contributed by atoms with van der Waals surface area (Å²) in [5, 5.41) is 0. The molecule has 0 bridgehead atoms. The molecule has 0 radical (unpaired) electrons. The molecule has 0 aliphatic carbocycles. The van der Waals surface area contributed by atoms with Crippen LogP contribution in [-0.2, 0) is 9.53 Å². The van der Waals surface area contributed by atoms with Gasteiger partial charge in [0.05, 0.1) is 5.69 Å². The molecule has 0 N–H and O–H groups in total. The molecule has 1 heterocycles. The van der Waals surface area contributed by atoms with Gasteiger partial charge in [0.2, 0.25) is 0 Å². The molecule has 1 aromatic carbocycles. The Kier molecular flexibility index (Phi) is 3.52. The summed E-state index contributed by atoms with van der Waals surface area (Å²) in [5.41, 5.74) is 3.33. The lowest BCUT2D eigenvalue weighted by atomic mass is 10.1. The van der Waals surface area contributed by atoms with Gasteiger partial charge in [-0.25, -0.2) is 4.99 Å². The van der Waals surface area contributed by atoms with Crippen molar-refractivity contribution in [1.82, 2.24) is 0 Å². The Morgan fingerprint density at radius 1 is 1.41 bits per heavy atom. The number of hydrogen-bond acceptors (Lipinski definition) is 4. The summed E-state index contributed by atoms with van der Waals surface area (Å²) in [6.45, 7) is 5.54. The minimum atomic E-state index is -0.304. The van der Waals surface area contributed by atoms with E-state index in [0.29, 0.717) is 12.3 Å². The number of carbonyl (C=O) groups is 1. The smallest absolute Gasteiger partial charge is 0.309 e. The van der Waals surface area contributed by atoms with Gasteiger partial charge in [-0.2, -0.15) is 0 Å². The van der Waals surface area contributed by atoms with Gasteiger partial charge in [0.1, 0.15) is 0 Å². The molecular formula is C13H15NO2S. The number of carbonyl (C=O) groups excluding carboxylic acids is 1. The van der Waals surface area contributed by atoms with E-state index >= 15 is 0 Å². The Morgan fingerprint density at radius 3 is 2.88 bits per heavy atom. The number of fused-ring (bicyclic) bond motifs is 1. The number of rotatable bonds is 0. The van der Waals surface area contributed by atoms with Crippen LogP contribution >= 0.6 is 11.8 Å². The third-order valence-electron chi connectivity index (χ3n) is 2.47. The number of benzene rings is 1. The maximum Gasteiger partial charge on any atom is 0.309 e. The second-order valence-corrected chi connectivity index (χ2v) is 5.23. The number of aryl methyl sites for hydroxylation is 2. The van der Waals surface area contributed by atoms with Crippen LogP contribution < -0.4 is 0 Å². The lowest BCUT2D eigenvalue weighted by molar-refractivity contribution is -0.133. The number of thioether (sulfide) groups is 1. The van der Waals surface area contributed by atoms with E-state index < -0.39 is 0 Å². The van der Waals surface area contributed by atoms with Crippen molar-refractivity contribution in [3.05, 3.63) is 23.3 Å². The highest BCUT2D eigenvalue weighted by molar-refractivity contribution is 7.99. The zero-order valence-electron chi connectivity index (χ0n) is 10.2. The van der Waals surface area contributed by atoms with Crippen LogP contribution in [0.25, 0.3) is 0 Å². The van der Waals surface area contributed by atoms with Crippen molar-refractivity contribution in [3.63, 3.8) is 0 Å². The molecule has 1 aliphatic rings. The number of ether oxygens (including phenoxy) is 1. The monoisotopic (exact) mass is 249 g/mol. The van der Waals surface area contributed by atoms with Gasteiger partial charge in [-0.1, -0.05) is 6.07 Å². The molecule has 17 heavy (non-hydrogen) atoms. The standard InChI is InChI=1S/C13H15NO2S/c1-8-6-9(2)13-11(7-8)14-12(4-5-17-13)16-10(3)15/h6-7H,4-5H2,1-3H3. The summed E-state index contributed by atoms with van der Waals surface area (Å²) in [5.74, 6) is 1.11. The van der Waals surface area contributed by atoms with Crippen molar-refractivity contribution in [1.29, 1.82) is 0 Å². The average molecular weight is 249 g/mol. The fraction of sp³-hybridized carbons (Fsp3) is 0.385. The Labute approximate surface area is 105 Å². The molecule has 0 aromatic heterocycles. The predicted molar refractivity (Wildman–Crippen MR) is 70.1 cm³/mol. The molecule has 3 nitrogen and oxygen atoms in total. The van der Waals surface area contributed by atoms with Gasteiger partial charge in [-0.05, 0) is 31.0 Å². The largest absolute Gasteiger partial charge is 0.412 e. The molecule has 0 atom stereocenters. The minimum Gasteiger partial charge on any atom is -0.412 e. The molecule has 0 spiro atoms. The number of nitrogens with zero attached hydrogens (tertiary/aromatic N) is 1. The van der Waals surface area contributed by atoms with Gasteiger partial charge in [-0.3, -0.25) is 4.79 Å². The van der Waals surface area contributed by atoms with Crippen LogP contribution in [0.2, 0.25) is 0 Å². The molecular weight excluding hydrogens is 234 g/mol. The van der Waals surface area contributed by atoms with Gasteiger partial charge < -0.3 is 4.74 Å². The van der Waals surface area contributed by atoms with Crippen molar-refractivity contribution in [2.24, 2.45) is 4.99 Å². The molecule has 0 saturated heterocycles. The van der Waals surface area contributed by atoms with E-state index in [9.17, 15) is 4.79 Å². The number of aliphatic imine (C=N–C) groups is 1. The molecule has 0 amide bonds. The second kappa shape index (κ2) is 4.92. The van der Waals surface area contributed by atoms with Crippen LogP contribution in [0.5, 0.6) is 0 Å². The highest BCUT2D eigenvalue weighted by atomic mass is 32.2. The van der Waals surface area contributed by atoms with Crippen molar-refractivity contribution in [3.8, 4) is 0 Å². The third kappa shape index (κ3) is 2.88. The number of hydrogen-bond donors (Lipinski definition) is 0. The van der Waals surface area contributed by atoms with Crippen LogP contribution in [0.15, 0.2) is 22.0 Å². The summed E-state index contributed by atoms with van der Waals surface area (Å²) in [6, 6.07) is 4.18. The first-order valence-electron chi connectivity index (χ1n) is 5.56. The van der Waals surface area contributed by atoms with Crippen LogP contribution in [0.3, 0.4) is 0 Å². The van der Waals surface area contributed by atoms with Crippen molar-refractivity contribution >= 4 is 29.3 Å². The minimum absolute atomic E-state index is 0.304. The predicted octanol–water partition coefficient (Wildman–Crippen LogP) is 3.39. The summed E-state index contributed by atoms with van der Waals surface area (Å²) in [7, 11) is 0. The Morgan fingerprint density at radius 2 is 2.18 bits per heavy atom.